The zero-order chi connectivity index (χ0) is 18.6. The van der Waals surface area contributed by atoms with Crippen LogP contribution in [0, 0.1) is 0 Å². The van der Waals surface area contributed by atoms with Gasteiger partial charge in [-0.05, 0) is 30.3 Å². The standard InChI is InChI=1S/C16H9BrClF3N2O2/c17-10-6-4-9(5-7-10)14(24)13(15(25)16(19,20)21)23-22-12-3-1-2-11(18)8-12/h1-8,24H. The zero-order valence-electron chi connectivity index (χ0n) is 12.3. The van der Waals surface area contributed by atoms with Crippen molar-refractivity contribution in [3.05, 3.63) is 69.3 Å². The Labute approximate surface area is 153 Å². The van der Waals surface area contributed by atoms with E-state index in [1.165, 1.54) is 48.5 Å². The third-order valence-corrected chi connectivity index (χ3v) is 3.65. The van der Waals surface area contributed by atoms with Crippen molar-refractivity contribution in [2.24, 2.45) is 10.2 Å². The van der Waals surface area contributed by atoms with E-state index in [0.29, 0.717) is 9.50 Å². The molecule has 0 heterocycles. The van der Waals surface area contributed by atoms with Crippen LogP contribution in [-0.4, -0.2) is 17.1 Å². The van der Waals surface area contributed by atoms with E-state index in [1.807, 2.05) is 0 Å². The summed E-state index contributed by atoms with van der Waals surface area (Å²) in [6.07, 6.45) is -5.22. The molecule has 4 nitrogen and oxygen atoms in total. The van der Waals surface area contributed by atoms with E-state index in [4.69, 9.17) is 11.6 Å². The van der Waals surface area contributed by atoms with Gasteiger partial charge in [-0.1, -0.05) is 45.7 Å². The minimum Gasteiger partial charge on any atom is -0.505 e. The number of alkyl halides is 3. The number of rotatable bonds is 4. The zero-order valence-corrected chi connectivity index (χ0v) is 14.6. The van der Waals surface area contributed by atoms with Crippen molar-refractivity contribution in [1.29, 1.82) is 0 Å². The number of aliphatic hydroxyl groups is 1. The van der Waals surface area contributed by atoms with E-state index in [2.05, 4.69) is 26.2 Å². The molecule has 0 saturated carbocycles. The van der Waals surface area contributed by atoms with E-state index in [-0.39, 0.29) is 11.3 Å². The molecular weight excluding hydrogens is 425 g/mol. The summed E-state index contributed by atoms with van der Waals surface area (Å²) in [6.45, 7) is 0. The molecule has 130 valence electrons. The number of carbonyl (C=O) groups excluding carboxylic acids is 1. The summed E-state index contributed by atoms with van der Waals surface area (Å²) in [7, 11) is 0. The number of nitrogens with zero attached hydrogens (tertiary/aromatic N) is 2. The fourth-order valence-corrected chi connectivity index (χ4v) is 2.17. The number of Topliss-reactive ketones (excluding diaryl/α,β-unsaturated/α-hetero) is 1. The molecule has 2 aromatic carbocycles. The number of benzene rings is 2. The predicted octanol–water partition coefficient (Wildman–Crippen LogP) is 6.24. The van der Waals surface area contributed by atoms with Crippen LogP contribution in [0.1, 0.15) is 5.56 Å². The van der Waals surface area contributed by atoms with Gasteiger partial charge in [-0.15, -0.1) is 5.11 Å². The quantitative estimate of drug-likeness (QED) is 0.352. The van der Waals surface area contributed by atoms with Crippen molar-refractivity contribution in [3.63, 3.8) is 0 Å². The van der Waals surface area contributed by atoms with Crippen molar-refractivity contribution in [1.82, 2.24) is 0 Å². The molecule has 0 aromatic heterocycles. The Hall–Kier alpha value is -2.19. The Morgan fingerprint density at radius 1 is 1.12 bits per heavy atom. The maximum atomic E-state index is 12.8. The maximum Gasteiger partial charge on any atom is 0.456 e. The highest BCUT2D eigenvalue weighted by molar-refractivity contribution is 9.10. The molecule has 25 heavy (non-hydrogen) atoms. The largest absolute Gasteiger partial charge is 0.505 e. The van der Waals surface area contributed by atoms with E-state index in [0.717, 1.165) is 0 Å². The molecular formula is C16H9BrClF3N2O2. The first kappa shape index (κ1) is 19.1. The van der Waals surface area contributed by atoms with Crippen molar-refractivity contribution < 1.29 is 23.1 Å². The number of carbonyl (C=O) groups is 1. The molecule has 9 heteroatoms. The van der Waals surface area contributed by atoms with Crippen LogP contribution in [0.2, 0.25) is 5.02 Å². The summed E-state index contributed by atoms with van der Waals surface area (Å²) in [5, 5.41) is 17.3. The van der Waals surface area contributed by atoms with Gasteiger partial charge in [0.05, 0.1) is 5.69 Å². The molecule has 0 radical (unpaired) electrons. The number of hydrogen-bond donors (Lipinski definition) is 1. The predicted molar refractivity (Wildman–Crippen MR) is 90.7 cm³/mol. The molecule has 0 saturated heterocycles. The van der Waals surface area contributed by atoms with Gasteiger partial charge in [-0.3, -0.25) is 4.79 Å². The van der Waals surface area contributed by atoms with Gasteiger partial charge in [-0.2, -0.15) is 18.3 Å². The third kappa shape index (κ3) is 5.14. The monoisotopic (exact) mass is 432 g/mol. The van der Waals surface area contributed by atoms with E-state index >= 15 is 0 Å². The fraction of sp³-hybridized carbons (Fsp3) is 0.0625. The fourth-order valence-electron chi connectivity index (χ4n) is 1.73. The van der Waals surface area contributed by atoms with Crippen LogP contribution in [0.25, 0.3) is 5.76 Å². The van der Waals surface area contributed by atoms with E-state index < -0.39 is 23.4 Å². The van der Waals surface area contributed by atoms with Crippen molar-refractivity contribution in [3.8, 4) is 0 Å². The molecule has 0 aliphatic heterocycles. The van der Waals surface area contributed by atoms with Gasteiger partial charge in [0.2, 0.25) is 0 Å². The first-order chi connectivity index (χ1) is 11.7. The van der Waals surface area contributed by atoms with Gasteiger partial charge in [0.25, 0.3) is 5.78 Å². The Balaban J connectivity index is 2.51. The lowest BCUT2D eigenvalue weighted by Crippen LogP contribution is -2.24. The van der Waals surface area contributed by atoms with Crippen LogP contribution in [0.3, 0.4) is 0 Å². The lowest BCUT2D eigenvalue weighted by molar-refractivity contribution is -0.166. The third-order valence-electron chi connectivity index (χ3n) is 2.89. The van der Waals surface area contributed by atoms with Crippen molar-refractivity contribution in [2.75, 3.05) is 0 Å². The van der Waals surface area contributed by atoms with Crippen LogP contribution in [0.5, 0.6) is 0 Å². The van der Waals surface area contributed by atoms with Crippen molar-refractivity contribution in [2.45, 2.75) is 6.18 Å². The maximum absolute atomic E-state index is 12.8. The number of halogens is 5. The second kappa shape index (κ2) is 7.79. The number of ketones is 1. The summed E-state index contributed by atoms with van der Waals surface area (Å²) < 4.78 is 39.1. The molecule has 0 aliphatic rings. The molecule has 0 atom stereocenters. The van der Waals surface area contributed by atoms with Gasteiger partial charge < -0.3 is 5.11 Å². The minimum atomic E-state index is -5.22. The molecule has 0 spiro atoms. The molecule has 1 N–H and O–H groups in total. The topological polar surface area (TPSA) is 62.0 Å². The van der Waals surface area contributed by atoms with E-state index in [9.17, 15) is 23.1 Å². The van der Waals surface area contributed by atoms with Crippen LogP contribution >= 0.6 is 27.5 Å². The van der Waals surface area contributed by atoms with Gasteiger partial charge in [0, 0.05) is 15.1 Å². The smallest absolute Gasteiger partial charge is 0.456 e. The Morgan fingerprint density at radius 2 is 1.76 bits per heavy atom. The number of allylic oxidation sites excluding steroid dienone is 1. The lowest BCUT2D eigenvalue weighted by Gasteiger charge is -2.08. The molecule has 0 fully saturated rings. The van der Waals surface area contributed by atoms with Crippen LogP contribution in [-0.2, 0) is 4.79 Å². The Kier molecular flexibility index (Phi) is 5.97. The Bertz CT molecular complexity index is 849. The van der Waals surface area contributed by atoms with Crippen LogP contribution in [0.15, 0.2) is 68.9 Å². The molecule has 0 unspecified atom stereocenters. The van der Waals surface area contributed by atoms with Gasteiger partial charge in [0.15, 0.2) is 11.5 Å². The minimum absolute atomic E-state index is 0.0131. The highest BCUT2D eigenvalue weighted by atomic mass is 79.9. The van der Waals surface area contributed by atoms with E-state index in [1.54, 1.807) is 0 Å². The van der Waals surface area contributed by atoms with Crippen LogP contribution in [0.4, 0.5) is 18.9 Å². The number of aliphatic hydroxyl groups excluding tert-OH is 1. The molecule has 0 bridgehead atoms. The normalized spacial score (nSPS) is 13.0. The lowest BCUT2D eigenvalue weighted by atomic mass is 10.1. The number of hydrogen-bond acceptors (Lipinski definition) is 4. The Morgan fingerprint density at radius 3 is 2.32 bits per heavy atom. The first-order valence-electron chi connectivity index (χ1n) is 6.66. The summed E-state index contributed by atoms with van der Waals surface area (Å²) >= 11 is 8.92. The summed E-state index contributed by atoms with van der Waals surface area (Å²) in [4.78, 5) is 11.6. The number of azo groups is 1. The molecule has 2 aromatic rings. The first-order valence-corrected chi connectivity index (χ1v) is 7.83. The summed E-state index contributed by atoms with van der Waals surface area (Å²) in [5.41, 5.74) is -1.10. The second-order valence-electron chi connectivity index (χ2n) is 4.71. The average molecular weight is 434 g/mol. The van der Waals surface area contributed by atoms with Gasteiger partial charge in [0.1, 0.15) is 0 Å². The van der Waals surface area contributed by atoms with Gasteiger partial charge in [-0.25, -0.2) is 0 Å². The summed E-state index contributed by atoms with van der Waals surface area (Å²) in [5.74, 6) is -3.24. The van der Waals surface area contributed by atoms with Gasteiger partial charge >= 0.3 is 6.18 Å². The SMILES string of the molecule is O=C(C(N=Nc1cccc(Cl)c1)=C(O)c1ccc(Br)cc1)C(F)(F)F. The summed E-state index contributed by atoms with van der Waals surface area (Å²) in [6, 6.07) is 11.5. The molecule has 2 rings (SSSR count). The highest BCUT2D eigenvalue weighted by Crippen LogP contribution is 2.28. The molecule has 0 amide bonds. The highest BCUT2D eigenvalue weighted by Gasteiger charge is 2.43. The van der Waals surface area contributed by atoms with Crippen molar-refractivity contribution >= 4 is 44.8 Å². The van der Waals surface area contributed by atoms with Crippen LogP contribution < -0.4 is 0 Å². The molecule has 0 aliphatic carbocycles. The average Bonchev–Trinajstić information content (AvgIpc) is 2.54. The second-order valence-corrected chi connectivity index (χ2v) is 6.06.